The van der Waals surface area contributed by atoms with E-state index in [4.69, 9.17) is 4.42 Å². The van der Waals surface area contributed by atoms with Gasteiger partial charge in [-0.25, -0.2) is 4.39 Å². The molecule has 0 bridgehead atoms. The van der Waals surface area contributed by atoms with Gasteiger partial charge in [0.15, 0.2) is 0 Å². The van der Waals surface area contributed by atoms with Crippen LogP contribution in [0, 0.1) is 12.7 Å². The van der Waals surface area contributed by atoms with Crippen LogP contribution in [0.25, 0.3) is 0 Å². The van der Waals surface area contributed by atoms with Crippen molar-refractivity contribution in [3.63, 3.8) is 0 Å². The minimum atomic E-state index is -0.199. The van der Waals surface area contributed by atoms with E-state index in [1.807, 2.05) is 19.0 Å². The van der Waals surface area contributed by atoms with Gasteiger partial charge in [-0.05, 0) is 38.2 Å². The first-order valence-corrected chi connectivity index (χ1v) is 6.00. The van der Waals surface area contributed by atoms with Crippen molar-refractivity contribution in [2.24, 2.45) is 0 Å². The van der Waals surface area contributed by atoms with E-state index in [-0.39, 0.29) is 5.82 Å². The molecular formula is C13H17FN4O. The van der Waals surface area contributed by atoms with Gasteiger partial charge >= 0.3 is 6.01 Å². The summed E-state index contributed by atoms with van der Waals surface area (Å²) < 4.78 is 18.5. The average molecular weight is 264 g/mol. The molecule has 0 amide bonds. The number of benzene rings is 1. The van der Waals surface area contributed by atoms with Crippen LogP contribution in [0.2, 0.25) is 0 Å². The number of aryl methyl sites for hydroxylation is 1. The van der Waals surface area contributed by atoms with Crippen LogP contribution in [0.3, 0.4) is 0 Å². The summed E-state index contributed by atoms with van der Waals surface area (Å²) >= 11 is 0. The highest BCUT2D eigenvalue weighted by Crippen LogP contribution is 2.12. The maximum Gasteiger partial charge on any atom is 0.315 e. The highest BCUT2D eigenvalue weighted by molar-refractivity contribution is 5.28. The van der Waals surface area contributed by atoms with Gasteiger partial charge in [0.2, 0.25) is 5.89 Å². The zero-order valence-corrected chi connectivity index (χ0v) is 11.3. The lowest BCUT2D eigenvalue weighted by Crippen LogP contribution is -2.10. The fourth-order valence-electron chi connectivity index (χ4n) is 1.65. The third kappa shape index (κ3) is 3.75. The molecule has 1 aromatic heterocycles. The number of aromatic nitrogens is 2. The van der Waals surface area contributed by atoms with E-state index >= 15 is 0 Å². The van der Waals surface area contributed by atoms with Gasteiger partial charge in [0.1, 0.15) is 5.82 Å². The van der Waals surface area contributed by atoms with Crippen molar-refractivity contribution in [2.45, 2.75) is 20.0 Å². The summed E-state index contributed by atoms with van der Waals surface area (Å²) in [6, 6.07) is 5.35. The van der Waals surface area contributed by atoms with Crippen LogP contribution in [0.1, 0.15) is 17.0 Å². The number of hydrogen-bond acceptors (Lipinski definition) is 5. The summed E-state index contributed by atoms with van der Waals surface area (Å²) in [5.74, 6) is 0.359. The average Bonchev–Trinajstić information content (AvgIpc) is 2.77. The second kappa shape index (κ2) is 5.79. The molecule has 102 valence electrons. The molecule has 0 saturated carbocycles. The molecule has 6 heteroatoms. The van der Waals surface area contributed by atoms with E-state index in [1.54, 1.807) is 19.1 Å². The topological polar surface area (TPSA) is 54.2 Å². The predicted octanol–water partition coefficient (Wildman–Crippen LogP) is 2.19. The minimum Gasteiger partial charge on any atom is -0.407 e. The quantitative estimate of drug-likeness (QED) is 0.897. The van der Waals surface area contributed by atoms with E-state index in [1.165, 1.54) is 6.07 Å². The van der Waals surface area contributed by atoms with Crippen molar-refractivity contribution in [1.29, 1.82) is 0 Å². The monoisotopic (exact) mass is 264 g/mol. The molecule has 0 fully saturated rings. The maximum absolute atomic E-state index is 13.1. The molecule has 0 spiro atoms. The smallest absolute Gasteiger partial charge is 0.315 e. The maximum atomic E-state index is 13.1. The first-order valence-electron chi connectivity index (χ1n) is 6.00. The normalized spacial score (nSPS) is 11.0. The SMILES string of the molecule is Cc1cc(CNc2nnc(CN(C)C)o2)ccc1F. The van der Waals surface area contributed by atoms with Gasteiger partial charge in [0.25, 0.3) is 0 Å². The molecule has 1 aromatic carbocycles. The number of nitrogens with zero attached hydrogens (tertiary/aromatic N) is 3. The standard InChI is InChI=1S/C13H17FN4O/c1-9-6-10(4-5-11(9)14)7-15-13-17-16-12(19-13)8-18(2)3/h4-6H,7-8H2,1-3H3,(H,15,17). The summed E-state index contributed by atoms with van der Waals surface area (Å²) in [6.07, 6.45) is 0. The van der Waals surface area contributed by atoms with Gasteiger partial charge in [-0.1, -0.05) is 17.2 Å². The van der Waals surface area contributed by atoms with Crippen molar-refractivity contribution in [3.05, 3.63) is 41.0 Å². The van der Waals surface area contributed by atoms with Gasteiger partial charge in [-0.2, -0.15) is 0 Å². The Hall–Kier alpha value is -1.95. The van der Waals surface area contributed by atoms with Crippen LogP contribution in [0.15, 0.2) is 22.6 Å². The van der Waals surface area contributed by atoms with Gasteiger partial charge < -0.3 is 14.6 Å². The molecule has 1 heterocycles. The Morgan fingerprint density at radius 1 is 1.32 bits per heavy atom. The number of nitrogens with one attached hydrogen (secondary N) is 1. The molecule has 0 radical (unpaired) electrons. The van der Waals surface area contributed by atoms with Crippen LogP contribution >= 0.6 is 0 Å². The Morgan fingerprint density at radius 3 is 2.79 bits per heavy atom. The fraction of sp³-hybridized carbons (Fsp3) is 0.385. The van der Waals surface area contributed by atoms with Crippen LogP contribution in [-0.4, -0.2) is 29.2 Å². The molecule has 0 aliphatic carbocycles. The summed E-state index contributed by atoms with van der Waals surface area (Å²) in [5.41, 5.74) is 1.59. The largest absolute Gasteiger partial charge is 0.407 e. The van der Waals surface area contributed by atoms with Gasteiger partial charge in [0, 0.05) is 6.54 Å². The lowest BCUT2D eigenvalue weighted by molar-refractivity contribution is 0.344. The molecule has 2 rings (SSSR count). The van der Waals surface area contributed by atoms with Crippen molar-refractivity contribution in [2.75, 3.05) is 19.4 Å². The highest BCUT2D eigenvalue weighted by Gasteiger charge is 2.06. The van der Waals surface area contributed by atoms with Crippen molar-refractivity contribution >= 4 is 6.01 Å². The molecule has 0 unspecified atom stereocenters. The van der Waals surface area contributed by atoms with Gasteiger partial charge in [-0.15, -0.1) is 5.10 Å². The second-order valence-corrected chi connectivity index (χ2v) is 4.68. The van der Waals surface area contributed by atoms with Crippen molar-refractivity contribution in [3.8, 4) is 0 Å². The first kappa shape index (κ1) is 13.5. The number of hydrogen-bond donors (Lipinski definition) is 1. The Morgan fingerprint density at radius 2 is 2.11 bits per heavy atom. The second-order valence-electron chi connectivity index (χ2n) is 4.68. The molecule has 2 aromatic rings. The summed E-state index contributed by atoms with van der Waals surface area (Å²) in [4.78, 5) is 1.95. The Kier molecular flexibility index (Phi) is 4.11. The van der Waals surface area contributed by atoms with Gasteiger partial charge in [0.05, 0.1) is 6.54 Å². The third-order valence-electron chi connectivity index (χ3n) is 2.58. The molecule has 0 saturated heterocycles. The van der Waals surface area contributed by atoms with E-state index < -0.39 is 0 Å². The first-order chi connectivity index (χ1) is 9.04. The van der Waals surface area contributed by atoms with Crippen molar-refractivity contribution in [1.82, 2.24) is 15.1 Å². The fourth-order valence-corrected chi connectivity index (χ4v) is 1.65. The van der Waals surface area contributed by atoms with Crippen LogP contribution < -0.4 is 5.32 Å². The Balaban J connectivity index is 1.94. The van der Waals surface area contributed by atoms with Gasteiger partial charge in [-0.3, -0.25) is 0 Å². The van der Waals surface area contributed by atoms with E-state index in [9.17, 15) is 4.39 Å². The lowest BCUT2D eigenvalue weighted by atomic mass is 10.1. The summed E-state index contributed by atoms with van der Waals surface area (Å²) in [7, 11) is 3.86. The Bertz CT molecular complexity index is 553. The van der Waals surface area contributed by atoms with E-state index in [2.05, 4.69) is 15.5 Å². The number of halogens is 1. The summed E-state index contributed by atoms with van der Waals surface area (Å²) in [5, 5.41) is 10.8. The van der Waals surface area contributed by atoms with Crippen LogP contribution in [0.4, 0.5) is 10.4 Å². The highest BCUT2D eigenvalue weighted by atomic mass is 19.1. The zero-order chi connectivity index (χ0) is 13.8. The molecule has 5 nitrogen and oxygen atoms in total. The molecule has 19 heavy (non-hydrogen) atoms. The number of rotatable bonds is 5. The molecular weight excluding hydrogens is 247 g/mol. The predicted molar refractivity (Wildman–Crippen MR) is 70.2 cm³/mol. The third-order valence-corrected chi connectivity index (χ3v) is 2.58. The van der Waals surface area contributed by atoms with Crippen LogP contribution in [0.5, 0.6) is 0 Å². The molecule has 0 aliphatic rings. The van der Waals surface area contributed by atoms with E-state index in [0.717, 1.165) is 5.56 Å². The van der Waals surface area contributed by atoms with E-state index in [0.29, 0.717) is 30.6 Å². The minimum absolute atomic E-state index is 0.199. The molecule has 1 N–H and O–H groups in total. The number of anilines is 1. The Labute approximate surface area is 111 Å². The molecule has 0 aliphatic heterocycles. The lowest BCUT2D eigenvalue weighted by Gasteiger charge is -2.05. The summed E-state index contributed by atoms with van der Waals surface area (Å²) in [6.45, 7) is 2.86. The van der Waals surface area contributed by atoms with Crippen molar-refractivity contribution < 1.29 is 8.81 Å². The van der Waals surface area contributed by atoms with Crippen LogP contribution in [-0.2, 0) is 13.1 Å². The zero-order valence-electron chi connectivity index (χ0n) is 11.3. The molecule has 0 atom stereocenters.